The average Bonchev–Trinajstić information content (AvgIpc) is 2.31. The van der Waals surface area contributed by atoms with Crippen LogP contribution in [-0.2, 0) is 0 Å². The quantitative estimate of drug-likeness (QED) is 0.479. The zero-order valence-electron chi connectivity index (χ0n) is 5.03. The molecular weight excluding hydrogens is 232 g/mol. The van der Waals surface area contributed by atoms with Crippen molar-refractivity contribution in [2.45, 2.75) is 0 Å². The average molecular weight is 236 g/mol. The summed E-state index contributed by atoms with van der Waals surface area (Å²) < 4.78 is 1.05. The van der Waals surface area contributed by atoms with Crippen LogP contribution in [0.25, 0.3) is 0 Å². The van der Waals surface area contributed by atoms with E-state index < -0.39 is 0 Å². The van der Waals surface area contributed by atoms with Gasteiger partial charge in [-0.3, -0.25) is 0 Å². The second-order valence-electron chi connectivity index (χ2n) is 1.53. The molecule has 1 heterocycles. The third-order valence-electron chi connectivity index (χ3n) is 0.886. The van der Waals surface area contributed by atoms with Gasteiger partial charge in [-0.1, -0.05) is 11.8 Å². The van der Waals surface area contributed by atoms with Crippen molar-refractivity contribution in [1.29, 1.82) is 0 Å². The Morgan fingerprint density at radius 3 is 3.00 bits per heavy atom. The maximum Gasteiger partial charge on any atom is 0.0910 e. The highest BCUT2D eigenvalue weighted by Crippen LogP contribution is 2.20. The molecule has 0 bridgehead atoms. The van der Waals surface area contributed by atoms with Gasteiger partial charge < -0.3 is 0 Å². The summed E-state index contributed by atoms with van der Waals surface area (Å²) in [5, 5.41) is 1.99. The number of halogens is 2. The van der Waals surface area contributed by atoms with E-state index in [0.29, 0.717) is 5.88 Å². The number of hydrogen-bond acceptors (Lipinski definition) is 1. The number of alkyl halides is 1. The minimum atomic E-state index is 0.393. The first-order valence-electron chi connectivity index (χ1n) is 2.62. The number of thiophene rings is 1. The molecule has 0 spiro atoms. The van der Waals surface area contributed by atoms with Gasteiger partial charge in [0, 0.05) is 4.47 Å². The van der Waals surface area contributed by atoms with E-state index in [4.69, 9.17) is 11.6 Å². The Labute approximate surface area is 77.3 Å². The van der Waals surface area contributed by atoms with Gasteiger partial charge in [-0.2, -0.15) is 0 Å². The molecule has 0 amide bonds. The second kappa shape index (κ2) is 4.02. The van der Waals surface area contributed by atoms with E-state index in [2.05, 4.69) is 27.8 Å². The highest BCUT2D eigenvalue weighted by molar-refractivity contribution is 9.10. The van der Waals surface area contributed by atoms with Crippen LogP contribution in [0.1, 0.15) is 4.88 Å². The summed E-state index contributed by atoms with van der Waals surface area (Å²) in [7, 11) is 0. The summed E-state index contributed by atoms with van der Waals surface area (Å²) in [6.45, 7) is 0. The molecule has 52 valence electrons. The van der Waals surface area contributed by atoms with Crippen molar-refractivity contribution < 1.29 is 0 Å². The van der Waals surface area contributed by atoms with Gasteiger partial charge in [0.25, 0.3) is 0 Å². The largest absolute Gasteiger partial charge is 0.134 e. The van der Waals surface area contributed by atoms with E-state index >= 15 is 0 Å². The standard InChI is InChI=1S/C7H4BrClS/c8-6-3-5-10-7(6)2-1-4-9/h3,5H,4H2. The maximum absolute atomic E-state index is 5.39. The Morgan fingerprint density at radius 2 is 2.50 bits per heavy atom. The van der Waals surface area contributed by atoms with Crippen LogP contribution in [0.2, 0.25) is 0 Å². The van der Waals surface area contributed by atoms with Crippen molar-refractivity contribution in [3.8, 4) is 11.8 Å². The summed E-state index contributed by atoms with van der Waals surface area (Å²) in [5.41, 5.74) is 0. The van der Waals surface area contributed by atoms with Gasteiger partial charge in [-0.15, -0.1) is 22.9 Å². The molecular formula is C7H4BrClS. The third-order valence-corrected chi connectivity index (χ3v) is 2.77. The fourth-order valence-electron chi connectivity index (χ4n) is 0.497. The van der Waals surface area contributed by atoms with Crippen LogP contribution in [-0.4, -0.2) is 5.88 Å². The van der Waals surface area contributed by atoms with Crippen LogP contribution in [0.3, 0.4) is 0 Å². The lowest BCUT2D eigenvalue weighted by molar-refractivity contribution is 1.80. The minimum absolute atomic E-state index is 0.393. The molecule has 0 fully saturated rings. The van der Waals surface area contributed by atoms with Crippen LogP contribution in [0, 0.1) is 11.8 Å². The van der Waals surface area contributed by atoms with E-state index in [-0.39, 0.29) is 0 Å². The predicted octanol–water partition coefficient (Wildman–Crippen LogP) is 3.10. The van der Waals surface area contributed by atoms with E-state index in [1.807, 2.05) is 11.4 Å². The van der Waals surface area contributed by atoms with E-state index in [9.17, 15) is 0 Å². The Bertz CT molecular complexity index is 269. The Hall–Kier alpha value is 0.0300. The Kier molecular flexibility index (Phi) is 3.27. The molecule has 1 aromatic heterocycles. The minimum Gasteiger partial charge on any atom is -0.134 e. The van der Waals surface area contributed by atoms with Crippen LogP contribution < -0.4 is 0 Å². The van der Waals surface area contributed by atoms with E-state index in [1.54, 1.807) is 11.3 Å². The molecule has 0 saturated heterocycles. The molecule has 0 aliphatic heterocycles. The first kappa shape index (κ1) is 8.13. The van der Waals surface area contributed by atoms with Gasteiger partial charge in [0.15, 0.2) is 0 Å². The van der Waals surface area contributed by atoms with Crippen molar-refractivity contribution in [2.75, 3.05) is 5.88 Å². The normalized spacial score (nSPS) is 8.60. The predicted molar refractivity (Wildman–Crippen MR) is 49.6 cm³/mol. The zero-order chi connectivity index (χ0) is 7.40. The van der Waals surface area contributed by atoms with Gasteiger partial charge in [0.2, 0.25) is 0 Å². The van der Waals surface area contributed by atoms with Gasteiger partial charge in [-0.05, 0) is 27.4 Å². The van der Waals surface area contributed by atoms with Gasteiger partial charge in [-0.25, -0.2) is 0 Å². The lowest BCUT2D eigenvalue weighted by Gasteiger charge is -1.79. The molecule has 0 atom stereocenters. The topological polar surface area (TPSA) is 0 Å². The lowest BCUT2D eigenvalue weighted by Crippen LogP contribution is -1.65. The van der Waals surface area contributed by atoms with Crippen LogP contribution >= 0.6 is 38.9 Å². The lowest BCUT2D eigenvalue weighted by atomic mass is 10.5. The van der Waals surface area contributed by atoms with Crippen LogP contribution in [0.4, 0.5) is 0 Å². The summed E-state index contributed by atoms with van der Waals surface area (Å²) in [5.74, 6) is 6.11. The van der Waals surface area contributed by atoms with Gasteiger partial charge in [0.05, 0.1) is 10.8 Å². The smallest absolute Gasteiger partial charge is 0.0910 e. The molecule has 0 unspecified atom stereocenters. The first-order valence-corrected chi connectivity index (χ1v) is 4.83. The van der Waals surface area contributed by atoms with Crippen LogP contribution in [0.5, 0.6) is 0 Å². The number of hydrogen-bond donors (Lipinski definition) is 0. The molecule has 0 nitrogen and oxygen atoms in total. The molecule has 3 heteroatoms. The molecule has 0 aromatic carbocycles. The molecule has 0 aliphatic rings. The van der Waals surface area contributed by atoms with Crippen LogP contribution in [0.15, 0.2) is 15.9 Å². The van der Waals surface area contributed by atoms with E-state index in [1.165, 1.54) is 0 Å². The van der Waals surface area contributed by atoms with Crippen molar-refractivity contribution in [1.82, 2.24) is 0 Å². The van der Waals surface area contributed by atoms with Crippen molar-refractivity contribution in [3.05, 3.63) is 20.8 Å². The molecule has 0 radical (unpaired) electrons. The Morgan fingerprint density at radius 1 is 1.70 bits per heavy atom. The highest BCUT2D eigenvalue weighted by Gasteiger charge is 1.94. The fraction of sp³-hybridized carbons (Fsp3) is 0.143. The SMILES string of the molecule is ClCC#Cc1sccc1Br. The van der Waals surface area contributed by atoms with Crippen molar-refractivity contribution in [2.24, 2.45) is 0 Å². The zero-order valence-corrected chi connectivity index (χ0v) is 8.18. The summed E-state index contributed by atoms with van der Waals surface area (Å²) in [6.07, 6.45) is 0. The van der Waals surface area contributed by atoms with E-state index in [0.717, 1.165) is 9.35 Å². The molecule has 0 N–H and O–H groups in total. The maximum atomic E-state index is 5.39. The summed E-state index contributed by atoms with van der Waals surface area (Å²) in [6, 6.07) is 1.98. The second-order valence-corrected chi connectivity index (χ2v) is 3.57. The number of rotatable bonds is 0. The summed E-state index contributed by atoms with van der Waals surface area (Å²) >= 11 is 10.4. The summed E-state index contributed by atoms with van der Waals surface area (Å²) in [4.78, 5) is 1.04. The molecule has 0 saturated carbocycles. The van der Waals surface area contributed by atoms with Crippen molar-refractivity contribution in [3.63, 3.8) is 0 Å². The fourth-order valence-corrected chi connectivity index (χ4v) is 1.90. The van der Waals surface area contributed by atoms with Crippen molar-refractivity contribution >= 4 is 38.9 Å². The monoisotopic (exact) mass is 234 g/mol. The first-order chi connectivity index (χ1) is 4.84. The van der Waals surface area contributed by atoms with Gasteiger partial charge in [0.1, 0.15) is 0 Å². The molecule has 0 aliphatic carbocycles. The highest BCUT2D eigenvalue weighted by atomic mass is 79.9. The third kappa shape index (κ3) is 2.02. The van der Waals surface area contributed by atoms with Gasteiger partial charge >= 0.3 is 0 Å². The molecule has 1 rings (SSSR count). The Balaban J connectivity index is 2.84. The molecule has 10 heavy (non-hydrogen) atoms. The molecule has 1 aromatic rings.